The molecule has 0 aliphatic carbocycles. The topological polar surface area (TPSA) is 101 Å². The van der Waals surface area contributed by atoms with Crippen LogP contribution in [0.5, 0.6) is 5.75 Å². The van der Waals surface area contributed by atoms with E-state index in [0.29, 0.717) is 37.1 Å². The monoisotopic (exact) mass is 491 g/mol. The van der Waals surface area contributed by atoms with Crippen LogP contribution in [0.3, 0.4) is 0 Å². The van der Waals surface area contributed by atoms with Crippen molar-refractivity contribution in [3.8, 4) is 5.75 Å². The molecule has 9 heteroatoms. The lowest BCUT2D eigenvalue weighted by Gasteiger charge is -2.26. The number of anilines is 1. The van der Waals surface area contributed by atoms with Gasteiger partial charge in [0.15, 0.2) is 5.96 Å². The first-order valence-corrected chi connectivity index (χ1v) is 8.98. The molecule has 1 fully saturated rings. The molecular weight excluding hydrogens is 461 g/mol. The molecule has 8 nitrogen and oxygen atoms in total. The first-order chi connectivity index (χ1) is 12.6. The molecule has 1 amide bonds. The van der Waals surface area contributed by atoms with E-state index in [1.54, 1.807) is 6.07 Å². The molecule has 4 N–H and O–H groups in total. The number of carbonyl (C=O) groups excluding carboxylic acids is 1. The van der Waals surface area contributed by atoms with Gasteiger partial charge in [0.25, 0.3) is 0 Å². The number of hydrogen-bond acceptors (Lipinski definition) is 5. The number of hydrogen-bond donors (Lipinski definition) is 3. The fourth-order valence-corrected chi connectivity index (χ4v) is 2.59. The lowest BCUT2D eigenvalue weighted by atomic mass is 10.3. The molecule has 1 aliphatic rings. The van der Waals surface area contributed by atoms with Crippen molar-refractivity contribution in [2.45, 2.75) is 13.3 Å². The van der Waals surface area contributed by atoms with Gasteiger partial charge in [0.1, 0.15) is 12.4 Å². The molecular formula is C18H30IN5O3. The van der Waals surface area contributed by atoms with Crippen molar-refractivity contribution in [3.05, 3.63) is 24.3 Å². The highest BCUT2D eigenvalue weighted by molar-refractivity contribution is 14.0. The van der Waals surface area contributed by atoms with Gasteiger partial charge in [0.2, 0.25) is 5.91 Å². The summed E-state index contributed by atoms with van der Waals surface area (Å²) >= 11 is 0. The third-order valence-electron chi connectivity index (χ3n) is 3.85. The van der Waals surface area contributed by atoms with Gasteiger partial charge < -0.3 is 25.8 Å². The maximum atomic E-state index is 11.1. The Labute approximate surface area is 177 Å². The van der Waals surface area contributed by atoms with Gasteiger partial charge >= 0.3 is 0 Å². The van der Waals surface area contributed by atoms with Gasteiger partial charge in [-0.15, -0.1) is 24.0 Å². The number of benzene rings is 1. The Hall–Kier alpha value is -1.59. The van der Waals surface area contributed by atoms with Crippen LogP contribution in [0.25, 0.3) is 0 Å². The van der Waals surface area contributed by atoms with Crippen molar-refractivity contribution in [2.24, 2.45) is 10.7 Å². The van der Waals surface area contributed by atoms with Crippen molar-refractivity contribution in [1.82, 2.24) is 10.2 Å². The summed E-state index contributed by atoms with van der Waals surface area (Å²) in [4.78, 5) is 17.8. The Kier molecular flexibility index (Phi) is 11.8. The van der Waals surface area contributed by atoms with E-state index in [1.807, 2.05) is 18.2 Å². The minimum atomic E-state index is -0.110. The molecule has 1 heterocycles. The standard InChI is InChI=1S/C18H29N5O3.HI/c1-15(24)22-16-4-2-5-17(14-16)26-11-7-21-18(19)20-6-3-8-23-9-12-25-13-10-23;/h2,4-5,14H,3,6-13H2,1H3,(H,22,24)(H3,19,20,21);1H. The number of halogens is 1. The minimum Gasteiger partial charge on any atom is -0.492 e. The van der Waals surface area contributed by atoms with E-state index < -0.39 is 0 Å². The van der Waals surface area contributed by atoms with Gasteiger partial charge in [0.05, 0.1) is 19.8 Å². The molecule has 27 heavy (non-hydrogen) atoms. The number of amides is 1. The zero-order valence-corrected chi connectivity index (χ0v) is 18.1. The summed E-state index contributed by atoms with van der Waals surface area (Å²) in [5.41, 5.74) is 6.57. The predicted octanol–water partition coefficient (Wildman–Crippen LogP) is 1.27. The lowest BCUT2D eigenvalue weighted by molar-refractivity contribution is -0.114. The summed E-state index contributed by atoms with van der Waals surface area (Å²) in [5, 5.41) is 5.76. The van der Waals surface area contributed by atoms with Crippen LogP contribution < -0.4 is 21.1 Å². The van der Waals surface area contributed by atoms with E-state index >= 15 is 0 Å². The number of rotatable bonds is 9. The summed E-state index contributed by atoms with van der Waals surface area (Å²) in [5.74, 6) is 1.02. The number of morpholine rings is 1. The second-order valence-corrected chi connectivity index (χ2v) is 6.06. The summed E-state index contributed by atoms with van der Waals surface area (Å²) in [6, 6.07) is 7.27. The fraction of sp³-hybridized carbons (Fsp3) is 0.556. The normalized spacial score (nSPS) is 14.9. The van der Waals surface area contributed by atoms with Crippen molar-refractivity contribution < 1.29 is 14.3 Å². The summed E-state index contributed by atoms with van der Waals surface area (Å²) in [6.07, 6.45) is 0.981. The second-order valence-electron chi connectivity index (χ2n) is 6.06. The predicted molar refractivity (Wildman–Crippen MR) is 118 cm³/mol. The molecule has 0 bridgehead atoms. The molecule has 0 aromatic heterocycles. The molecule has 1 aromatic carbocycles. The van der Waals surface area contributed by atoms with Gasteiger partial charge in [-0.05, 0) is 18.6 Å². The summed E-state index contributed by atoms with van der Waals surface area (Å²) < 4.78 is 11.0. The van der Waals surface area contributed by atoms with Crippen LogP contribution in [0.15, 0.2) is 29.3 Å². The molecule has 0 unspecified atom stereocenters. The fourth-order valence-electron chi connectivity index (χ4n) is 2.59. The van der Waals surface area contributed by atoms with Crippen LogP contribution >= 0.6 is 24.0 Å². The van der Waals surface area contributed by atoms with Gasteiger partial charge in [-0.25, -0.2) is 0 Å². The lowest BCUT2D eigenvalue weighted by Crippen LogP contribution is -2.37. The third kappa shape index (κ3) is 10.4. The van der Waals surface area contributed by atoms with Crippen LogP contribution in [0.1, 0.15) is 13.3 Å². The number of nitrogens with two attached hydrogens (primary N) is 1. The Bertz CT molecular complexity index is 594. The number of nitrogens with one attached hydrogen (secondary N) is 2. The second kappa shape index (κ2) is 13.6. The van der Waals surface area contributed by atoms with Crippen molar-refractivity contribution in [2.75, 3.05) is 57.9 Å². The molecule has 152 valence electrons. The first kappa shape index (κ1) is 23.4. The van der Waals surface area contributed by atoms with Crippen LogP contribution in [0.4, 0.5) is 5.69 Å². The Balaban J connectivity index is 0.00000364. The Morgan fingerprint density at radius 3 is 2.89 bits per heavy atom. The molecule has 0 saturated carbocycles. The van der Waals surface area contributed by atoms with E-state index in [4.69, 9.17) is 15.2 Å². The van der Waals surface area contributed by atoms with E-state index in [9.17, 15) is 4.79 Å². The van der Waals surface area contributed by atoms with Crippen LogP contribution in [-0.2, 0) is 9.53 Å². The summed E-state index contributed by atoms with van der Waals surface area (Å²) in [7, 11) is 0. The Morgan fingerprint density at radius 2 is 2.15 bits per heavy atom. The van der Waals surface area contributed by atoms with Crippen LogP contribution in [-0.4, -0.2) is 69.3 Å². The largest absolute Gasteiger partial charge is 0.492 e. The third-order valence-corrected chi connectivity index (χ3v) is 3.85. The van der Waals surface area contributed by atoms with E-state index in [1.165, 1.54) is 6.92 Å². The van der Waals surface area contributed by atoms with Crippen molar-refractivity contribution >= 4 is 41.5 Å². The van der Waals surface area contributed by atoms with Gasteiger partial charge in [0, 0.05) is 44.9 Å². The van der Waals surface area contributed by atoms with E-state index in [-0.39, 0.29) is 29.9 Å². The highest BCUT2D eigenvalue weighted by atomic mass is 127. The Morgan fingerprint density at radius 1 is 1.37 bits per heavy atom. The van der Waals surface area contributed by atoms with Crippen molar-refractivity contribution in [1.29, 1.82) is 0 Å². The highest BCUT2D eigenvalue weighted by Gasteiger charge is 2.08. The molecule has 1 aliphatic heterocycles. The maximum Gasteiger partial charge on any atom is 0.221 e. The van der Waals surface area contributed by atoms with Gasteiger partial charge in [-0.3, -0.25) is 14.7 Å². The average Bonchev–Trinajstić information content (AvgIpc) is 2.63. The number of ether oxygens (including phenoxy) is 2. The smallest absolute Gasteiger partial charge is 0.221 e. The molecule has 1 saturated heterocycles. The van der Waals surface area contributed by atoms with Crippen molar-refractivity contribution in [3.63, 3.8) is 0 Å². The number of guanidine groups is 1. The van der Waals surface area contributed by atoms with Crippen LogP contribution in [0, 0.1) is 0 Å². The average molecular weight is 491 g/mol. The zero-order valence-electron chi connectivity index (χ0n) is 15.8. The number of nitrogens with zero attached hydrogens (tertiary/aromatic N) is 2. The molecule has 0 atom stereocenters. The number of carbonyl (C=O) groups is 1. The summed E-state index contributed by atoms with van der Waals surface area (Å²) in [6.45, 7) is 7.85. The maximum absolute atomic E-state index is 11.1. The number of aliphatic imine (C=N–C) groups is 1. The molecule has 0 radical (unpaired) electrons. The first-order valence-electron chi connectivity index (χ1n) is 8.98. The molecule has 0 spiro atoms. The van der Waals surface area contributed by atoms with Gasteiger partial charge in [-0.1, -0.05) is 6.07 Å². The molecule has 2 rings (SSSR count). The quantitative estimate of drug-likeness (QED) is 0.208. The highest BCUT2D eigenvalue weighted by Crippen LogP contribution is 2.16. The van der Waals surface area contributed by atoms with Gasteiger partial charge in [-0.2, -0.15) is 0 Å². The van der Waals surface area contributed by atoms with Crippen LogP contribution in [0.2, 0.25) is 0 Å². The minimum absolute atomic E-state index is 0. The zero-order chi connectivity index (χ0) is 18.6. The van der Waals surface area contributed by atoms with E-state index in [2.05, 4.69) is 20.5 Å². The molecule has 1 aromatic rings. The SMILES string of the molecule is CC(=O)Nc1cccc(OCCNC(N)=NCCCN2CCOCC2)c1.I. The van der Waals surface area contributed by atoms with E-state index in [0.717, 1.165) is 39.3 Å².